The molecule has 0 unspecified atom stereocenters. The molecule has 2 aliphatic rings. The molecule has 0 atom stereocenters. The van der Waals surface area contributed by atoms with Gasteiger partial charge in [-0.2, -0.15) is 0 Å². The summed E-state index contributed by atoms with van der Waals surface area (Å²) in [5.41, 5.74) is 0.253. The van der Waals surface area contributed by atoms with Gasteiger partial charge in [0.2, 0.25) is 0 Å². The Kier molecular flexibility index (Phi) is 1.52. The number of rotatable bonds is 0. The second kappa shape index (κ2) is 2.26. The predicted molar refractivity (Wildman–Crippen MR) is 35.8 cm³/mol. The van der Waals surface area contributed by atoms with Crippen LogP contribution in [-0.4, -0.2) is 13.2 Å². The molecule has 10 heavy (non-hydrogen) atoms. The summed E-state index contributed by atoms with van der Waals surface area (Å²) in [5.74, 6) is 0. The first-order valence-corrected chi connectivity index (χ1v) is 4.63. The highest BCUT2D eigenvalue weighted by atomic mass is 31.1. The van der Waals surface area contributed by atoms with Crippen LogP contribution in [0.4, 0.5) is 0 Å². The van der Waals surface area contributed by atoms with Crippen molar-refractivity contribution < 1.29 is 13.6 Å². The Hall–Kier alpha value is 0.0200. The lowest BCUT2D eigenvalue weighted by Crippen LogP contribution is -2.39. The van der Waals surface area contributed by atoms with Gasteiger partial charge in [0.15, 0.2) is 0 Å². The monoisotopic (exact) mass is 161 g/mol. The molecule has 0 aromatic rings. The molecule has 57 valence electrons. The first-order chi connectivity index (χ1) is 4.81. The van der Waals surface area contributed by atoms with Gasteiger partial charge in [-0.25, -0.2) is 4.57 Å². The summed E-state index contributed by atoms with van der Waals surface area (Å²) in [6.07, 6.45) is 3.62. The third-order valence-electron chi connectivity index (χ3n) is 2.37. The first kappa shape index (κ1) is 6.71. The average Bonchev–Trinajstić information content (AvgIpc) is 1.86. The fourth-order valence-electron chi connectivity index (χ4n) is 1.42. The predicted octanol–water partition coefficient (Wildman–Crippen LogP) is 1.86. The molecule has 1 aliphatic carbocycles. The lowest BCUT2D eigenvalue weighted by molar-refractivity contribution is -0.0276. The van der Waals surface area contributed by atoms with E-state index in [4.69, 9.17) is 9.05 Å². The lowest BCUT2D eigenvalue weighted by atomic mass is 9.70. The fraction of sp³-hybridized carbons (Fsp3) is 1.00. The van der Waals surface area contributed by atoms with Crippen molar-refractivity contribution in [3.8, 4) is 0 Å². The quantitative estimate of drug-likeness (QED) is 0.508. The molecule has 1 aliphatic heterocycles. The summed E-state index contributed by atoms with van der Waals surface area (Å²) < 4.78 is 20.4. The van der Waals surface area contributed by atoms with Crippen LogP contribution in [0.25, 0.3) is 0 Å². The van der Waals surface area contributed by atoms with Crippen molar-refractivity contribution in [2.45, 2.75) is 19.3 Å². The molecule has 2 fully saturated rings. The molecule has 1 saturated heterocycles. The molecule has 1 radical (unpaired) electrons. The highest BCUT2D eigenvalue weighted by Gasteiger charge is 2.41. The van der Waals surface area contributed by atoms with Crippen LogP contribution in [0.5, 0.6) is 0 Å². The fourth-order valence-corrected chi connectivity index (χ4v) is 2.26. The van der Waals surface area contributed by atoms with Crippen LogP contribution < -0.4 is 0 Å². The van der Waals surface area contributed by atoms with Gasteiger partial charge in [0.25, 0.3) is 0 Å². The SMILES string of the molecule is O=[P]1OCC2(CCC2)CO1. The van der Waals surface area contributed by atoms with Gasteiger partial charge < -0.3 is 0 Å². The molecule has 0 aromatic carbocycles. The maximum atomic E-state index is 10.6. The van der Waals surface area contributed by atoms with Gasteiger partial charge in [0.05, 0.1) is 13.2 Å². The molecule has 0 bridgehead atoms. The molecular weight excluding hydrogens is 151 g/mol. The molecular formula is C6H10O3P. The van der Waals surface area contributed by atoms with Crippen molar-refractivity contribution in [2.75, 3.05) is 13.2 Å². The Morgan fingerprint density at radius 2 is 1.80 bits per heavy atom. The van der Waals surface area contributed by atoms with E-state index in [1.54, 1.807) is 0 Å². The third kappa shape index (κ3) is 0.986. The summed E-state index contributed by atoms with van der Waals surface area (Å²) >= 11 is 0. The van der Waals surface area contributed by atoms with Gasteiger partial charge in [0.1, 0.15) is 0 Å². The molecule has 0 N–H and O–H groups in total. The number of hydrogen-bond donors (Lipinski definition) is 0. The summed E-state index contributed by atoms with van der Waals surface area (Å²) in [6, 6.07) is 0. The summed E-state index contributed by atoms with van der Waals surface area (Å²) in [4.78, 5) is 0. The Balaban J connectivity index is 1.96. The zero-order valence-corrected chi connectivity index (χ0v) is 6.60. The summed E-state index contributed by atoms with van der Waals surface area (Å²) in [5, 5.41) is 0. The summed E-state index contributed by atoms with van der Waals surface area (Å²) in [7, 11) is -1.77. The van der Waals surface area contributed by atoms with Gasteiger partial charge in [-0.3, -0.25) is 9.05 Å². The lowest BCUT2D eigenvalue weighted by Gasteiger charge is -2.42. The number of hydrogen-bond acceptors (Lipinski definition) is 3. The van der Waals surface area contributed by atoms with Crippen molar-refractivity contribution in [3.05, 3.63) is 0 Å². The van der Waals surface area contributed by atoms with Crippen LogP contribution in [0.15, 0.2) is 0 Å². The van der Waals surface area contributed by atoms with Crippen LogP contribution >= 0.6 is 8.25 Å². The largest absolute Gasteiger partial charge is 0.368 e. The van der Waals surface area contributed by atoms with E-state index in [-0.39, 0.29) is 5.41 Å². The molecule has 0 amide bonds. The van der Waals surface area contributed by atoms with Crippen LogP contribution in [0.2, 0.25) is 0 Å². The Morgan fingerprint density at radius 1 is 1.20 bits per heavy atom. The van der Waals surface area contributed by atoms with Crippen LogP contribution in [0, 0.1) is 5.41 Å². The van der Waals surface area contributed by atoms with E-state index in [2.05, 4.69) is 0 Å². The van der Waals surface area contributed by atoms with Crippen LogP contribution in [0.1, 0.15) is 19.3 Å². The van der Waals surface area contributed by atoms with Crippen molar-refractivity contribution in [1.29, 1.82) is 0 Å². The van der Waals surface area contributed by atoms with E-state index in [0.29, 0.717) is 13.2 Å². The Morgan fingerprint density at radius 3 is 2.20 bits per heavy atom. The minimum Gasteiger partial charge on any atom is -0.282 e. The normalized spacial score (nSPS) is 30.2. The van der Waals surface area contributed by atoms with Crippen LogP contribution in [-0.2, 0) is 13.6 Å². The third-order valence-corrected chi connectivity index (χ3v) is 3.05. The van der Waals surface area contributed by atoms with Gasteiger partial charge >= 0.3 is 8.25 Å². The van der Waals surface area contributed by atoms with Gasteiger partial charge in [-0.15, -0.1) is 0 Å². The maximum absolute atomic E-state index is 10.6. The zero-order valence-electron chi connectivity index (χ0n) is 5.71. The van der Waals surface area contributed by atoms with Crippen molar-refractivity contribution in [2.24, 2.45) is 5.41 Å². The van der Waals surface area contributed by atoms with Gasteiger partial charge in [0, 0.05) is 5.41 Å². The topological polar surface area (TPSA) is 35.5 Å². The van der Waals surface area contributed by atoms with E-state index < -0.39 is 8.25 Å². The van der Waals surface area contributed by atoms with E-state index in [9.17, 15) is 4.57 Å². The standard InChI is InChI=1S/C6H10O3P/c7-10-8-4-6(5-9-10)2-1-3-6/h1-5H2. The molecule has 1 heterocycles. The Labute approximate surface area is 60.7 Å². The van der Waals surface area contributed by atoms with Crippen molar-refractivity contribution >= 4 is 8.25 Å². The highest BCUT2D eigenvalue weighted by Crippen LogP contribution is 2.48. The molecule has 3 nitrogen and oxygen atoms in total. The first-order valence-electron chi connectivity index (χ1n) is 3.54. The minimum absolute atomic E-state index is 0.253. The van der Waals surface area contributed by atoms with Crippen LogP contribution in [0.3, 0.4) is 0 Å². The summed E-state index contributed by atoms with van der Waals surface area (Å²) in [6.45, 7) is 1.28. The second-order valence-corrected chi connectivity index (χ2v) is 4.09. The van der Waals surface area contributed by atoms with Crippen molar-refractivity contribution in [3.63, 3.8) is 0 Å². The molecule has 4 heteroatoms. The van der Waals surface area contributed by atoms with Gasteiger partial charge in [-0.05, 0) is 12.8 Å². The molecule has 1 spiro atoms. The maximum Gasteiger partial charge on any atom is 0.368 e. The molecule has 2 rings (SSSR count). The Bertz CT molecular complexity index is 152. The van der Waals surface area contributed by atoms with Crippen molar-refractivity contribution in [1.82, 2.24) is 0 Å². The van der Waals surface area contributed by atoms with E-state index >= 15 is 0 Å². The van der Waals surface area contributed by atoms with E-state index in [0.717, 1.165) is 0 Å². The zero-order chi connectivity index (χ0) is 7.03. The van der Waals surface area contributed by atoms with E-state index in [1.807, 2.05) is 0 Å². The molecule has 1 saturated carbocycles. The minimum atomic E-state index is -1.77. The highest BCUT2D eigenvalue weighted by molar-refractivity contribution is 7.33. The second-order valence-electron chi connectivity index (χ2n) is 3.12. The smallest absolute Gasteiger partial charge is 0.282 e. The van der Waals surface area contributed by atoms with Gasteiger partial charge in [-0.1, -0.05) is 6.42 Å². The van der Waals surface area contributed by atoms with E-state index in [1.165, 1.54) is 19.3 Å². The average molecular weight is 161 g/mol. The molecule has 0 aromatic heterocycles.